The summed E-state index contributed by atoms with van der Waals surface area (Å²) in [6.07, 6.45) is 9.04. The standard InChI is InChI=1S/C33H31F2N3O2/c1-3-37-19-26(18-36-37)24-9-12-28-25(17-24)14-20(2)38(27-10-7-23(8-11-27)22-5-6-22)33(28)32-29(34)15-21(16-30(32)35)4-13-31(39)40/h4,7-13,15-20,22,33H,3,5-6,14H2,1-2H3,(H,39,40)/b13-4+/t20-,33+/m1/s1. The molecule has 2 atom stereocenters. The molecular formula is C33H31F2N3O2. The molecule has 1 fully saturated rings. The van der Waals surface area contributed by atoms with E-state index in [2.05, 4.69) is 47.3 Å². The number of carboxylic acids is 1. The van der Waals surface area contributed by atoms with Gasteiger partial charge in [-0.15, -0.1) is 0 Å². The van der Waals surface area contributed by atoms with E-state index in [1.165, 1.54) is 36.6 Å². The zero-order valence-electron chi connectivity index (χ0n) is 22.5. The van der Waals surface area contributed by atoms with E-state index < -0.39 is 23.6 Å². The molecule has 40 heavy (non-hydrogen) atoms. The van der Waals surface area contributed by atoms with Gasteiger partial charge < -0.3 is 10.0 Å². The number of anilines is 1. The van der Waals surface area contributed by atoms with E-state index >= 15 is 8.78 Å². The summed E-state index contributed by atoms with van der Waals surface area (Å²) >= 11 is 0. The maximum absolute atomic E-state index is 15.8. The van der Waals surface area contributed by atoms with E-state index in [0.717, 1.165) is 40.6 Å². The van der Waals surface area contributed by atoms with Crippen LogP contribution in [0.3, 0.4) is 0 Å². The fourth-order valence-corrected chi connectivity index (χ4v) is 5.90. The van der Waals surface area contributed by atoms with E-state index in [-0.39, 0.29) is 17.2 Å². The van der Waals surface area contributed by atoms with Crippen molar-refractivity contribution in [1.29, 1.82) is 0 Å². The first-order chi connectivity index (χ1) is 19.3. The van der Waals surface area contributed by atoms with Gasteiger partial charge in [0.05, 0.1) is 17.8 Å². The molecule has 7 heteroatoms. The molecule has 0 spiro atoms. The highest BCUT2D eigenvalue weighted by Gasteiger charge is 2.37. The number of fused-ring (bicyclic) bond motifs is 1. The highest BCUT2D eigenvalue weighted by molar-refractivity contribution is 5.85. The first kappa shape index (κ1) is 26.0. The van der Waals surface area contributed by atoms with Crippen LogP contribution < -0.4 is 4.90 Å². The number of aromatic nitrogens is 2. The van der Waals surface area contributed by atoms with Crippen molar-refractivity contribution >= 4 is 17.7 Å². The molecule has 204 valence electrons. The Hall–Kier alpha value is -4.26. The summed E-state index contributed by atoms with van der Waals surface area (Å²) in [6, 6.07) is 16.2. The van der Waals surface area contributed by atoms with Gasteiger partial charge in [-0.3, -0.25) is 4.68 Å². The van der Waals surface area contributed by atoms with Gasteiger partial charge in [0.25, 0.3) is 0 Å². The Bertz CT molecular complexity index is 1580. The third-order valence-electron chi connectivity index (χ3n) is 8.03. The summed E-state index contributed by atoms with van der Waals surface area (Å²) in [6.45, 7) is 4.90. The van der Waals surface area contributed by atoms with Crippen LogP contribution in [0.1, 0.15) is 66.5 Å². The average molecular weight is 540 g/mol. The van der Waals surface area contributed by atoms with Crippen molar-refractivity contribution in [3.63, 3.8) is 0 Å². The minimum absolute atomic E-state index is 0.0386. The Morgan fingerprint density at radius 2 is 1.77 bits per heavy atom. The van der Waals surface area contributed by atoms with Crippen LogP contribution in [0.25, 0.3) is 17.2 Å². The van der Waals surface area contributed by atoms with Gasteiger partial charge in [-0.25, -0.2) is 13.6 Å². The number of aliphatic carboxylic acids is 1. The van der Waals surface area contributed by atoms with Crippen molar-refractivity contribution in [2.45, 2.75) is 57.7 Å². The predicted molar refractivity (Wildman–Crippen MR) is 152 cm³/mol. The van der Waals surface area contributed by atoms with Crippen LogP contribution >= 0.6 is 0 Å². The van der Waals surface area contributed by atoms with Crippen LogP contribution in [0.5, 0.6) is 0 Å². The van der Waals surface area contributed by atoms with Gasteiger partial charge in [0.15, 0.2) is 0 Å². The molecule has 1 aromatic heterocycles. The molecule has 0 unspecified atom stereocenters. The quantitative estimate of drug-likeness (QED) is 0.249. The van der Waals surface area contributed by atoms with Gasteiger partial charge in [0, 0.05) is 36.1 Å². The minimum atomic E-state index is -1.18. The van der Waals surface area contributed by atoms with Crippen LogP contribution in [-0.4, -0.2) is 26.9 Å². The summed E-state index contributed by atoms with van der Waals surface area (Å²) in [5, 5.41) is 13.4. The lowest BCUT2D eigenvalue weighted by molar-refractivity contribution is -0.131. The van der Waals surface area contributed by atoms with E-state index in [1.54, 1.807) is 0 Å². The lowest BCUT2D eigenvalue weighted by Gasteiger charge is -2.44. The second-order valence-electron chi connectivity index (χ2n) is 10.8. The summed E-state index contributed by atoms with van der Waals surface area (Å²) in [7, 11) is 0. The zero-order valence-corrected chi connectivity index (χ0v) is 22.5. The Kier molecular flexibility index (Phi) is 6.74. The summed E-state index contributed by atoms with van der Waals surface area (Å²) < 4.78 is 33.5. The van der Waals surface area contributed by atoms with Crippen LogP contribution in [0, 0.1) is 11.6 Å². The number of hydrogen-bond donors (Lipinski definition) is 1. The van der Waals surface area contributed by atoms with Gasteiger partial charge >= 0.3 is 5.97 Å². The normalized spacial score (nSPS) is 18.8. The molecule has 1 aliphatic carbocycles. The van der Waals surface area contributed by atoms with Gasteiger partial charge in [0.1, 0.15) is 11.6 Å². The summed E-state index contributed by atoms with van der Waals surface area (Å²) in [5.41, 5.74) is 6.23. The second-order valence-corrected chi connectivity index (χ2v) is 10.8. The van der Waals surface area contributed by atoms with Gasteiger partial charge in [0.2, 0.25) is 0 Å². The summed E-state index contributed by atoms with van der Waals surface area (Å²) in [4.78, 5) is 13.1. The van der Waals surface area contributed by atoms with Crippen molar-refractivity contribution in [3.05, 3.63) is 113 Å². The number of carbonyl (C=O) groups is 1. The number of benzene rings is 3. The predicted octanol–water partition coefficient (Wildman–Crippen LogP) is 7.36. The fraction of sp³-hybridized carbons (Fsp3) is 0.273. The van der Waals surface area contributed by atoms with E-state index in [1.807, 2.05) is 36.1 Å². The molecule has 1 saturated carbocycles. The smallest absolute Gasteiger partial charge is 0.328 e. The lowest BCUT2D eigenvalue weighted by atomic mass is 9.82. The maximum Gasteiger partial charge on any atom is 0.328 e. The fourth-order valence-electron chi connectivity index (χ4n) is 5.90. The van der Waals surface area contributed by atoms with Gasteiger partial charge in [-0.05, 0) is 97.2 Å². The van der Waals surface area contributed by atoms with Gasteiger partial charge in [-0.1, -0.05) is 30.3 Å². The molecule has 2 aliphatic rings. The second kappa shape index (κ2) is 10.4. The van der Waals surface area contributed by atoms with Crippen molar-refractivity contribution in [3.8, 4) is 11.1 Å². The Morgan fingerprint density at radius 1 is 1.05 bits per heavy atom. The number of hydrogen-bond acceptors (Lipinski definition) is 3. The molecule has 5 nitrogen and oxygen atoms in total. The van der Waals surface area contributed by atoms with E-state index in [4.69, 9.17) is 5.11 Å². The van der Waals surface area contributed by atoms with E-state index in [0.29, 0.717) is 12.3 Å². The molecular weight excluding hydrogens is 508 g/mol. The molecule has 1 aliphatic heterocycles. The topological polar surface area (TPSA) is 58.4 Å². The van der Waals surface area contributed by atoms with Crippen molar-refractivity contribution < 1.29 is 18.7 Å². The molecule has 2 heterocycles. The Balaban J connectivity index is 1.48. The molecule has 3 aromatic carbocycles. The number of carboxylic acid groups (broad SMARTS) is 1. The van der Waals surface area contributed by atoms with Crippen molar-refractivity contribution in [2.24, 2.45) is 0 Å². The van der Waals surface area contributed by atoms with Crippen molar-refractivity contribution in [1.82, 2.24) is 9.78 Å². The lowest BCUT2D eigenvalue weighted by Crippen LogP contribution is -2.43. The van der Waals surface area contributed by atoms with Crippen LogP contribution in [0.15, 0.2) is 73.1 Å². The number of aryl methyl sites for hydroxylation is 1. The summed E-state index contributed by atoms with van der Waals surface area (Å²) in [5.74, 6) is -1.98. The third-order valence-corrected chi connectivity index (χ3v) is 8.03. The first-order valence-electron chi connectivity index (χ1n) is 13.8. The maximum atomic E-state index is 15.8. The molecule has 1 N–H and O–H groups in total. The monoisotopic (exact) mass is 539 g/mol. The van der Waals surface area contributed by atoms with Gasteiger partial charge in [-0.2, -0.15) is 5.10 Å². The number of rotatable bonds is 7. The van der Waals surface area contributed by atoms with Crippen LogP contribution in [0.2, 0.25) is 0 Å². The molecule has 0 radical (unpaired) electrons. The zero-order chi connectivity index (χ0) is 28.0. The third kappa shape index (κ3) is 4.92. The minimum Gasteiger partial charge on any atom is -0.478 e. The van der Waals surface area contributed by atoms with E-state index in [9.17, 15) is 4.79 Å². The largest absolute Gasteiger partial charge is 0.478 e. The number of halogens is 2. The molecule has 0 amide bonds. The highest BCUT2D eigenvalue weighted by Crippen LogP contribution is 2.45. The average Bonchev–Trinajstić information content (AvgIpc) is 3.67. The SMILES string of the molecule is CCn1cc(-c2ccc3c(c2)C[C@@H](C)N(c2ccc(C4CC4)cc2)[C@@H]3c2c(F)cc(/C=C/C(=O)O)cc2F)cn1. The molecule has 0 saturated heterocycles. The Labute approximate surface area is 232 Å². The highest BCUT2D eigenvalue weighted by atomic mass is 19.1. The van der Waals surface area contributed by atoms with Crippen LogP contribution in [-0.2, 0) is 17.8 Å². The Morgan fingerprint density at radius 3 is 2.40 bits per heavy atom. The first-order valence-corrected chi connectivity index (χ1v) is 13.8. The molecule has 4 aromatic rings. The molecule has 0 bridgehead atoms. The van der Waals surface area contributed by atoms with Crippen LogP contribution in [0.4, 0.5) is 14.5 Å². The van der Waals surface area contributed by atoms with Crippen molar-refractivity contribution in [2.75, 3.05) is 4.90 Å². The number of nitrogens with zero attached hydrogens (tertiary/aromatic N) is 3. The molecule has 6 rings (SSSR count).